The molecule has 3 aromatic rings. The molecule has 1 unspecified atom stereocenters. The fourth-order valence-electron chi connectivity index (χ4n) is 4.48. The second kappa shape index (κ2) is 12.1. The highest BCUT2D eigenvalue weighted by molar-refractivity contribution is 6.08. The van der Waals surface area contributed by atoms with Crippen LogP contribution in [0.3, 0.4) is 0 Å². The first-order valence-corrected chi connectivity index (χ1v) is 12.2. The number of amides is 1. The van der Waals surface area contributed by atoms with Gasteiger partial charge in [-0.3, -0.25) is 9.59 Å². The Hall–Kier alpha value is -4.23. The molecule has 1 aliphatic rings. The molecule has 1 atom stereocenters. The van der Waals surface area contributed by atoms with E-state index in [0.717, 1.165) is 55.5 Å². The van der Waals surface area contributed by atoms with Crippen molar-refractivity contribution in [2.75, 3.05) is 48.9 Å². The summed E-state index contributed by atoms with van der Waals surface area (Å²) in [5.41, 5.74) is 4.92. The number of nitrogens with one attached hydrogen (secondary N) is 3. The topological polar surface area (TPSA) is 138 Å². The zero-order chi connectivity index (χ0) is 28.1. The lowest BCUT2D eigenvalue weighted by atomic mass is 10.0. The van der Waals surface area contributed by atoms with Crippen molar-refractivity contribution in [3.05, 3.63) is 75.5 Å². The number of aromatic nitrogens is 2. The first-order chi connectivity index (χ1) is 18.7. The Balaban J connectivity index is 1.77. The molecule has 1 aromatic heterocycles. The monoisotopic (exact) mass is 543 g/mol. The average molecular weight is 544 g/mol. The van der Waals surface area contributed by atoms with E-state index in [4.69, 9.17) is 15.9 Å². The van der Waals surface area contributed by atoms with Crippen LogP contribution in [-0.2, 0) is 4.74 Å². The normalized spacial score (nSPS) is 15.2. The molecule has 13 heteroatoms. The Morgan fingerprint density at radius 1 is 1.21 bits per heavy atom. The van der Waals surface area contributed by atoms with E-state index in [9.17, 15) is 18.4 Å². The minimum atomic E-state index is -1.04. The van der Waals surface area contributed by atoms with Crippen molar-refractivity contribution in [2.45, 2.75) is 18.9 Å². The Morgan fingerprint density at radius 3 is 2.62 bits per heavy atom. The second-order valence-electron chi connectivity index (χ2n) is 8.95. The quantitative estimate of drug-likeness (QED) is 0.241. The molecule has 0 bridgehead atoms. The molecule has 2 heterocycles. The molecule has 1 fully saturated rings. The zero-order valence-electron chi connectivity index (χ0n) is 21.1. The molecule has 39 heavy (non-hydrogen) atoms. The van der Waals surface area contributed by atoms with Gasteiger partial charge in [0.25, 0.3) is 11.5 Å². The fourth-order valence-corrected chi connectivity index (χ4v) is 4.48. The van der Waals surface area contributed by atoms with Crippen LogP contribution in [0.15, 0.2) is 41.2 Å². The molecule has 0 spiro atoms. The van der Waals surface area contributed by atoms with E-state index in [-0.39, 0.29) is 35.2 Å². The van der Waals surface area contributed by atoms with Crippen molar-refractivity contribution in [1.82, 2.24) is 9.78 Å². The van der Waals surface area contributed by atoms with Crippen LogP contribution in [0.1, 0.15) is 28.9 Å². The van der Waals surface area contributed by atoms with E-state index >= 15 is 4.39 Å². The third-order valence-corrected chi connectivity index (χ3v) is 6.25. The summed E-state index contributed by atoms with van der Waals surface area (Å²) in [5.74, 6) is -3.67. The summed E-state index contributed by atoms with van der Waals surface area (Å²) in [5, 5.41) is 17.4. The van der Waals surface area contributed by atoms with Crippen LogP contribution in [0.25, 0.3) is 5.69 Å². The minimum Gasteiger partial charge on any atom is -0.383 e. The van der Waals surface area contributed by atoms with Gasteiger partial charge in [0.1, 0.15) is 17.2 Å². The summed E-state index contributed by atoms with van der Waals surface area (Å²) < 4.78 is 49.4. The summed E-state index contributed by atoms with van der Waals surface area (Å²) in [6, 6.07) is 6.03. The van der Waals surface area contributed by atoms with Crippen molar-refractivity contribution in [2.24, 2.45) is 5.73 Å². The predicted molar refractivity (Wildman–Crippen MR) is 142 cm³/mol. The minimum absolute atomic E-state index is 0.0408. The lowest BCUT2D eigenvalue weighted by Gasteiger charge is -2.35. The van der Waals surface area contributed by atoms with E-state index in [1.165, 1.54) is 7.11 Å². The number of rotatable bonds is 9. The summed E-state index contributed by atoms with van der Waals surface area (Å²) in [6.07, 6.45) is 2.52. The molecule has 1 saturated heterocycles. The van der Waals surface area contributed by atoms with Gasteiger partial charge in [-0.1, -0.05) is 6.07 Å². The second-order valence-corrected chi connectivity index (χ2v) is 8.95. The maximum Gasteiger partial charge on any atom is 0.276 e. The zero-order valence-corrected chi connectivity index (χ0v) is 21.1. The van der Waals surface area contributed by atoms with Crippen LogP contribution in [0.2, 0.25) is 0 Å². The average Bonchev–Trinajstić information content (AvgIpc) is 2.90. The number of carbonyl (C=O) groups is 1. The SMILES string of the molecule is COCCNc1c(F)cc(NC(=O)c2ccc(=O)n(-c3c(F)cccc3F)n2)c(N2CCCC(N)C2)c1C=N. The van der Waals surface area contributed by atoms with Gasteiger partial charge in [0.2, 0.25) is 0 Å². The number of hydrogen-bond donors (Lipinski definition) is 4. The largest absolute Gasteiger partial charge is 0.383 e. The van der Waals surface area contributed by atoms with E-state index in [1.807, 2.05) is 4.90 Å². The number of nitrogens with two attached hydrogens (primary N) is 1. The van der Waals surface area contributed by atoms with Crippen LogP contribution in [-0.4, -0.2) is 61.3 Å². The van der Waals surface area contributed by atoms with Crippen LogP contribution >= 0.6 is 0 Å². The summed E-state index contributed by atoms with van der Waals surface area (Å²) in [4.78, 5) is 27.5. The number of para-hydroxylation sites is 1. The lowest BCUT2D eigenvalue weighted by Crippen LogP contribution is -2.43. The van der Waals surface area contributed by atoms with Gasteiger partial charge < -0.3 is 31.4 Å². The maximum absolute atomic E-state index is 15.3. The van der Waals surface area contributed by atoms with Crippen LogP contribution in [0, 0.1) is 22.9 Å². The summed E-state index contributed by atoms with van der Waals surface area (Å²) in [7, 11) is 1.51. The van der Waals surface area contributed by atoms with Gasteiger partial charge in [-0.15, -0.1) is 0 Å². The summed E-state index contributed by atoms with van der Waals surface area (Å²) in [6.45, 7) is 1.53. The molecular formula is C26H28F3N7O3. The Kier molecular flexibility index (Phi) is 8.62. The lowest BCUT2D eigenvalue weighted by molar-refractivity contribution is 0.102. The van der Waals surface area contributed by atoms with Gasteiger partial charge in [-0.2, -0.15) is 9.78 Å². The molecular weight excluding hydrogens is 515 g/mol. The Morgan fingerprint density at radius 2 is 1.95 bits per heavy atom. The smallest absolute Gasteiger partial charge is 0.276 e. The number of halogens is 3. The van der Waals surface area contributed by atoms with Gasteiger partial charge in [0.15, 0.2) is 11.6 Å². The van der Waals surface area contributed by atoms with Crippen molar-refractivity contribution >= 4 is 29.2 Å². The van der Waals surface area contributed by atoms with Crippen LogP contribution in [0.4, 0.5) is 30.2 Å². The first kappa shape index (κ1) is 27.8. The highest BCUT2D eigenvalue weighted by Crippen LogP contribution is 2.38. The predicted octanol–water partition coefficient (Wildman–Crippen LogP) is 2.89. The van der Waals surface area contributed by atoms with Gasteiger partial charge in [0.05, 0.1) is 23.7 Å². The number of ether oxygens (including phenoxy) is 1. The summed E-state index contributed by atoms with van der Waals surface area (Å²) >= 11 is 0. The van der Waals surface area contributed by atoms with E-state index in [1.54, 1.807) is 0 Å². The molecule has 2 aromatic carbocycles. The third kappa shape index (κ3) is 5.94. The van der Waals surface area contributed by atoms with E-state index < -0.39 is 34.6 Å². The molecule has 5 N–H and O–H groups in total. The van der Waals surface area contributed by atoms with Gasteiger partial charge in [0, 0.05) is 56.7 Å². The number of piperidine rings is 1. The van der Waals surface area contributed by atoms with Crippen LogP contribution in [0.5, 0.6) is 0 Å². The highest BCUT2D eigenvalue weighted by Gasteiger charge is 2.27. The standard InChI is InChI=1S/C26H28F3N7O3/c1-39-11-9-32-23-16(13-30)24(35-10-3-4-15(31)14-35)21(12-19(23)29)33-26(38)20-7-8-22(37)36(34-20)25-17(27)5-2-6-18(25)28/h2,5-8,12-13,15,30,32H,3-4,9-11,14,31H2,1H3,(H,33,38). The molecule has 10 nitrogen and oxygen atoms in total. The number of methoxy groups -OCH3 is 1. The Labute approximate surface area is 222 Å². The molecule has 1 amide bonds. The number of anilines is 3. The molecule has 0 aliphatic carbocycles. The van der Waals surface area contributed by atoms with Crippen LogP contribution < -0.4 is 26.8 Å². The Bertz CT molecular complexity index is 1430. The van der Waals surface area contributed by atoms with Gasteiger partial charge in [-0.05, 0) is 31.0 Å². The number of hydrogen-bond acceptors (Lipinski definition) is 8. The first-order valence-electron chi connectivity index (χ1n) is 12.2. The molecule has 0 saturated carbocycles. The van der Waals surface area contributed by atoms with Crippen molar-refractivity contribution in [3.8, 4) is 5.69 Å². The van der Waals surface area contributed by atoms with Crippen molar-refractivity contribution < 1.29 is 22.7 Å². The third-order valence-electron chi connectivity index (χ3n) is 6.25. The molecule has 206 valence electrons. The van der Waals surface area contributed by atoms with Crippen molar-refractivity contribution in [3.63, 3.8) is 0 Å². The fraction of sp³-hybridized carbons (Fsp3) is 0.308. The van der Waals surface area contributed by atoms with E-state index in [2.05, 4.69) is 15.7 Å². The molecule has 0 radical (unpaired) electrons. The highest BCUT2D eigenvalue weighted by atomic mass is 19.1. The number of nitrogens with zero attached hydrogens (tertiary/aromatic N) is 3. The number of carbonyl (C=O) groups excluding carboxylic acids is 1. The molecule has 4 rings (SSSR count). The van der Waals surface area contributed by atoms with Gasteiger partial charge >= 0.3 is 0 Å². The van der Waals surface area contributed by atoms with Gasteiger partial charge in [-0.25, -0.2) is 13.2 Å². The molecule has 1 aliphatic heterocycles. The van der Waals surface area contributed by atoms with E-state index in [0.29, 0.717) is 30.1 Å². The number of benzene rings is 2. The van der Waals surface area contributed by atoms with Crippen molar-refractivity contribution in [1.29, 1.82) is 5.41 Å². The maximum atomic E-state index is 15.3.